The van der Waals surface area contributed by atoms with Crippen molar-refractivity contribution in [1.82, 2.24) is 4.90 Å². The van der Waals surface area contributed by atoms with E-state index in [0.717, 1.165) is 55.6 Å². The van der Waals surface area contributed by atoms with Gasteiger partial charge in [0, 0.05) is 50.0 Å². The molecule has 1 unspecified atom stereocenters. The summed E-state index contributed by atoms with van der Waals surface area (Å²) in [7, 11) is 0. The van der Waals surface area contributed by atoms with E-state index in [9.17, 15) is 5.11 Å². The molecule has 4 saturated carbocycles. The molecule has 5 fully saturated rings. The van der Waals surface area contributed by atoms with Crippen LogP contribution in [-0.2, 0) is 4.74 Å². The van der Waals surface area contributed by atoms with Gasteiger partial charge in [0.15, 0.2) is 0 Å². The number of ether oxygens (including phenoxy) is 1. The highest BCUT2D eigenvalue weighted by Gasteiger charge is 2.50. The van der Waals surface area contributed by atoms with Crippen molar-refractivity contribution in [2.45, 2.75) is 58.0 Å². The molecular weight excluding hydrogens is 408 g/mol. The summed E-state index contributed by atoms with van der Waals surface area (Å²) >= 11 is 6.20. The van der Waals surface area contributed by atoms with Crippen molar-refractivity contribution in [2.75, 3.05) is 50.8 Å². The van der Waals surface area contributed by atoms with Gasteiger partial charge in [-0.05, 0) is 92.7 Å². The molecule has 4 aliphatic carbocycles. The fraction of sp³-hybridized carbons (Fsp3) is 0.769. The monoisotopic (exact) mass is 446 g/mol. The lowest BCUT2D eigenvalue weighted by atomic mass is 9.49. The quantitative estimate of drug-likeness (QED) is 0.584. The van der Waals surface area contributed by atoms with E-state index in [4.69, 9.17) is 16.3 Å². The third kappa shape index (κ3) is 5.08. The summed E-state index contributed by atoms with van der Waals surface area (Å²) < 4.78 is 5.99. The number of rotatable bonds is 8. The topological polar surface area (TPSA) is 35.9 Å². The maximum absolute atomic E-state index is 10.5. The van der Waals surface area contributed by atoms with Crippen molar-refractivity contribution in [2.24, 2.45) is 23.2 Å². The molecule has 0 spiro atoms. The van der Waals surface area contributed by atoms with Gasteiger partial charge >= 0.3 is 0 Å². The lowest BCUT2D eigenvalue weighted by Crippen LogP contribution is -2.49. The smallest absolute Gasteiger partial charge is 0.0900 e. The van der Waals surface area contributed by atoms with E-state index in [1.807, 2.05) is 6.07 Å². The third-order valence-electron chi connectivity index (χ3n) is 8.61. The zero-order valence-corrected chi connectivity index (χ0v) is 19.8. The van der Waals surface area contributed by atoms with Gasteiger partial charge in [-0.1, -0.05) is 17.7 Å². The third-order valence-corrected chi connectivity index (χ3v) is 8.84. The Labute approximate surface area is 192 Å². The summed E-state index contributed by atoms with van der Waals surface area (Å²) in [6, 6.07) is 6.11. The molecule has 1 aliphatic heterocycles. The van der Waals surface area contributed by atoms with Gasteiger partial charge in [-0.3, -0.25) is 4.90 Å². The van der Waals surface area contributed by atoms with E-state index >= 15 is 0 Å². The summed E-state index contributed by atoms with van der Waals surface area (Å²) in [6.07, 6.45) is 9.66. The molecule has 1 heterocycles. The molecule has 5 heteroatoms. The van der Waals surface area contributed by atoms with Crippen LogP contribution in [0.3, 0.4) is 0 Å². The van der Waals surface area contributed by atoms with E-state index in [-0.39, 0.29) is 0 Å². The minimum absolute atomic E-state index is 0.393. The lowest BCUT2D eigenvalue weighted by molar-refractivity contribution is -0.0741. The minimum Gasteiger partial charge on any atom is -0.389 e. The summed E-state index contributed by atoms with van der Waals surface area (Å²) in [6.45, 7) is 8.03. The van der Waals surface area contributed by atoms with Crippen LogP contribution in [0.2, 0.25) is 5.02 Å². The van der Waals surface area contributed by atoms with E-state index in [1.165, 1.54) is 56.2 Å². The van der Waals surface area contributed by atoms with E-state index in [1.54, 1.807) is 0 Å². The highest BCUT2D eigenvalue weighted by Crippen LogP contribution is 2.61. The van der Waals surface area contributed by atoms with Gasteiger partial charge in [-0.25, -0.2) is 0 Å². The Bertz CT molecular complexity index is 726. The number of aliphatic hydroxyl groups is 1. The Morgan fingerprint density at radius 3 is 2.35 bits per heavy atom. The van der Waals surface area contributed by atoms with E-state index in [2.05, 4.69) is 28.9 Å². The standard InChI is InChI=1S/C26H39ClN2O2/c1-19-2-3-23(27)13-25(19)29-7-5-28(6-8-29)17-24(30)18-31-9-4-26-14-20-10-21(15-26)12-22(11-20)16-26/h2-3,13,20-22,24,30H,4-12,14-18H2,1H3. The molecule has 1 aromatic carbocycles. The Hall–Kier alpha value is -0.810. The second-order valence-corrected chi connectivity index (χ2v) is 11.6. The molecule has 4 bridgehead atoms. The van der Waals surface area contributed by atoms with Crippen LogP contribution in [0.25, 0.3) is 0 Å². The fourth-order valence-corrected chi connectivity index (χ4v) is 7.72. The number of piperazine rings is 1. The second kappa shape index (κ2) is 9.21. The molecule has 0 aromatic heterocycles. The fourth-order valence-electron chi connectivity index (χ4n) is 7.55. The van der Waals surface area contributed by atoms with Crippen LogP contribution in [0.15, 0.2) is 18.2 Å². The molecule has 4 nitrogen and oxygen atoms in total. The first-order chi connectivity index (χ1) is 15.0. The minimum atomic E-state index is -0.393. The summed E-state index contributed by atoms with van der Waals surface area (Å²) in [5.41, 5.74) is 3.08. The molecule has 1 N–H and O–H groups in total. The van der Waals surface area contributed by atoms with Crippen LogP contribution < -0.4 is 4.90 Å². The van der Waals surface area contributed by atoms with Gasteiger partial charge in [0.05, 0.1) is 12.7 Å². The van der Waals surface area contributed by atoms with Gasteiger partial charge in [-0.15, -0.1) is 0 Å². The van der Waals surface area contributed by atoms with Gasteiger partial charge in [0.1, 0.15) is 0 Å². The molecule has 1 atom stereocenters. The number of nitrogens with zero attached hydrogens (tertiary/aromatic N) is 2. The molecule has 1 aromatic rings. The number of hydrogen-bond acceptors (Lipinski definition) is 4. The van der Waals surface area contributed by atoms with Crippen molar-refractivity contribution in [1.29, 1.82) is 0 Å². The number of aryl methyl sites for hydroxylation is 1. The van der Waals surface area contributed by atoms with Crippen LogP contribution in [0, 0.1) is 30.1 Å². The van der Waals surface area contributed by atoms with Crippen LogP contribution >= 0.6 is 11.6 Å². The highest BCUT2D eigenvalue weighted by atomic mass is 35.5. The number of halogens is 1. The largest absolute Gasteiger partial charge is 0.389 e. The molecule has 6 rings (SSSR count). The maximum Gasteiger partial charge on any atom is 0.0900 e. The summed E-state index contributed by atoms with van der Waals surface area (Å²) in [4.78, 5) is 4.77. The first kappa shape index (κ1) is 22.0. The zero-order valence-electron chi connectivity index (χ0n) is 19.1. The first-order valence-electron chi connectivity index (χ1n) is 12.5. The Balaban J connectivity index is 1.01. The van der Waals surface area contributed by atoms with Gasteiger partial charge < -0.3 is 14.7 Å². The number of β-amino-alcohol motifs (C(OH)–C–C–N with tert-alkyl or cyclic N) is 1. The lowest BCUT2D eigenvalue weighted by Gasteiger charge is -2.57. The van der Waals surface area contributed by atoms with Crippen LogP contribution in [0.5, 0.6) is 0 Å². The number of anilines is 1. The van der Waals surface area contributed by atoms with Gasteiger partial charge in [0.2, 0.25) is 0 Å². The molecule has 172 valence electrons. The average molecular weight is 447 g/mol. The maximum atomic E-state index is 10.5. The number of benzene rings is 1. The Morgan fingerprint density at radius 1 is 1.06 bits per heavy atom. The van der Waals surface area contributed by atoms with Crippen molar-refractivity contribution >= 4 is 17.3 Å². The van der Waals surface area contributed by atoms with E-state index in [0.29, 0.717) is 18.6 Å². The highest BCUT2D eigenvalue weighted by molar-refractivity contribution is 6.30. The molecular formula is C26H39ClN2O2. The van der Waals surface area contributed by atoms with Crippen molar-refractivity contribution in [3.05, 3.63) is 28.8 Å². The molecule has 0 radical (unpaired) electrons. The average Bonchev–Trinajstić information content (AvgIpc) is 2.73. The van der Waals surface area contributed by atoms with Gasteiger partial charge in [0.25, 0.3) is 0 Å². The van der Waals surface area contributed by atoms with Crippen LogP contribution in [0.4, 0.5) is 5.69 Å². The first-order valence-corrected chi connectivity index (χ1v) is 12.9. The van der Waals surface area contributed by atoms with Gasteiger partial charge in [-0.2, -0.15) is 0 Å². The molecule has 0 amide bonds. The van der Waals surface area contributed by atoms with E-state index < -0.39 is 6.10 Å². The summed E-state index contributed by atoms with van der Waals surface area (Å²) in [5.74, 6) is 3.02. The van der Waals surface area contributed by atoms with Crippen molar-refractivity contribution < 1.29 is 9.84 Å². The predicted molar refractivity (Wildman–Crippen MR) is 127 cm³/mol. The van der Waals surface area contributed by atoms with Crippen molar-refractivity contribution in [3.8, 4) is 0 Å². The van der Waals surface area contributed by atoms with Crippen LogP contribution in [0.1, 0.15) is 50.5 Å². The normalized spacial score (nSPS) is 33.8. The van der Waals surface area contributed by atoms with Crippen molar-refractivity contribution in [3.63, 3.8) is 0 Å². The Morgan fingerprint density at radius 2 is 1.71 bits per heavy atom. The number of hydrogen-bond donors (Lipinski definition) is 1. The molecule has 31 heavy (non-hydrogen) atoms. The molecule has 5 aliphatic rings. The number of aliphatic hydroxyl groups excluding tert-OH is 1. The summed E-state index contributed by atoms with van der Waals surface area (Å²) in [5, 5.41) is 11.3. The van der Waals surface area contributed by atoms with Crippen LogP contribution in [-0.4, -0.2) is 62.0 Å². The molecule has 1 saturated heterocycles. The zero-order chi connectivity index (χ0) is 21.4. The predicted octanol–water partition coefficient (Wildman–Crippen LogP) is 4.75. The SMILES string of the molecule is Cc1ccc(Cl)cc1N1CCN(CC(O)COCCC23CC4CC(CC(C4)C2)C3)CC1. The Kier molecular flexibility index (Phi) is 6.54. The second-order valence-electron chi connectivity index (χ2n) is 11.1.